The van der Waals surface area contributed by atoms with Crippen molar-refractivity contribution in [1.82, 2.24) is 9.21 Å². The maximum absolute atomic E-state index is 13.4. The molecule has 2 heterocycles. The maximum Gasteiger partial charge on any atom is 0.254 e. The maximum atomic E-state index is 13.4. The highest BCUT2D eigenvalue weighted by molar-refractivity contribution is 7.89. The highest BCUT2D eigenvalue weighted by atomic mass is 32.2. The van der Waals surface area contributed by atoms with Crippen LogP contribution in [0.3, 0.4) is 0 Å². The van der Waals surface area contributed by atoms with Crippen LogP contribution >= 0.6 is 0 Å². The highest BCUT2D eigenvalue weighted by Gasteiger charge is 2.51. The molecule has 0 radical (unpaired) electrons. The first-order chi connectivity index (χ1) is 13.5. The zero-order valence-corrected chi connectivity index (χ0v) is 19.0. The van der Waals surface area contributed by atoms with Gasteiger partial charge in [0.25, 0.3) is 5.91 Å². The lowest BCUT2D eigenvalue weighted by Gasteiger charge is -2.39. The number of piperidine rings is 1. The number of amides is 1. The third-order valence-corrected chi connectivity index (χ3v) is 9.08. The van der Waals surface area contributed by atoms with Crippen LogP contribution in [-0.2, 0) is 10.0 Å². The fourth-order valence-corrected chi connectivity index (χ4v) is 7.89. The van der Waals surface area contributed by atoms with Crippen molar-refractivity contribution in [2.75, 3.05) is 19.6 Å². The second kappa shape index (κ2) is 7.09. The Morgan fingerprint density at radius 3 is 2.45 bits per heavy atom. The predicted octanol–water partition coefficient (Wildman–Crippen LogP) is 4.21. The summed E-state index contributed by atoms with van der Waals surface area (Å²) in [5.41, 5.74) is 1.61. The summed E-state index contributed by atoms with van der Waals surface area (Å²) in [5.74, 6) is -0.0217. The molecule has 160 valence electrons. The van der Waals surface area contributed by atoms with Crippen LogP contribution in [-0.4, -0.2) is 49.2 Å². The van der Waals surface area contributed by atoms with Gasteiger partial charge in [-0.05, 0) is 67.6 Å². The number of fused-ring (bicyclic) bond motifs is 2. The Balaban J connectivity index is 1.63. The minimum atomic E-state index is -3.56. The molecule has 1 aromatic rings. The summed E-state index contributed by atoms with van der Waals surface area (Å²) in [6, 6.07) is 5.46. The largest absolute Gasteiger partial charge is 0.335 e. The van der Waals surface area contributed by atoms with Crippen LogP contribution in [0.5, 0.6) is 0 Å². The Morgan fingerprint density at radius 1 is 1.07 bits per heavy atom. The summed E-state index contributed by atoms with van der Waals surface area (Å²) < 4.78 is 28.0. The van der Waals surface area contributed by atoms with Gasteiger partial charge in [-0.15, -0.1) is 0 Å². The van der Waals surface area contributed by atoms with E-state index < -0.39 is 10.0 Å². The molecule has 2 atom stereocenters. The van der Waals surface area contributed by atoms with Crippen molar-refractivity contribution >= 4 is 15.9 Å². The first-order valence-corrected chi connectivity index (χ1v) is 12.4. The molecule has 0 aromatic heterocycles. The smallest absolute Gasteiger partial charge is 0.254 e. The normalized spacial score (nSPS) is 29.8. The van der Waals surface area contributed by atoms with Gasteiger partial charge in [-0.25, -0.2) is 8.42 Å². The number of sulfonamides is 1. The molecule has 0 unspecified atom stereocenters. The molecule has 2 bridgehead atoms. The van der Waals surface area contributed by atoms with Gasteiger partial charge in [0.1, 0.15) is 0 Å². The molecule has 3 aliphatic rings. The fourth-order valence-electron chi connectivity index (χ4n) is 6.12. The lowest BCUT2D eigenvalue weighted by molar-refractivity contribution is 0.0708. The number of likely N-dealkylation sites (tertiary alicyclic amines) is 1. The Kier molecular flexibility index (Phi) is 5.10. The van der Waals surface area contributed by atoms with Crippen molar-refractivity contribution < 1.29 is 13.2 Å². The monoisotopic (exact) mass is 418 g/mol. The van der Waals surface area contributed by atoms with Crippen LogP contribution in [0.2, 0.25) is 0 Å². The second-order valence-corrected chi connectivity index (χ2v) is 12.5. The van der Waals surface area contributed by atoms with E-state index in [4.69, 9.17) is 0 Å². The molecule has 0 N–H and O–H groups in total. The summed E-state index contributed by atoms with van der Waals surface area (Å²) in [7, 11) is -3.56. The van der Waals surface area contributed by atoms with E-state index in [-0.39, 0.29) is 22.8 Å². The topological polar surface area (TPSA) is 57.7 Å². The van der Waals surface area contributed by atoms with Crippen molar-refractivity contribution in [3.8, 4) is 0 Å². The predicted molar refractivity (Wildman–Crippen MR) is 114 cm³/mol. The quantitative estimate of drug-likeness (QED) is 0.739. The molecule has 1 aliphatic carbocycles. The van der Waals surface area contributed by atoms with E-state index in [1.54, 1.807) is 22.5 Å². The Labute approximate surface area is 175 Å². The van der Waals surface area contributed by atoms with Crippen LogP contribution in [0.4, 0.5) is 0 Å². The van der Waals surface area contributed by atoms with Crippen molar-refractivity contribution in [3.63, 3.8) is 0 Å². The molecular formula is C23H34N2O3S. The number of aryl methyl sites for hydroxylation is 1. The van der Waals surface area contributed by atoms with Crippen LogP contribution < -0.4 is 0 Å². The first-order valence-electron chi connectivity index (χ1n) is 10.9. The third kappa shape index (κ3) is 3.86. The van der Waals surface area contributed by atoms with Gasteiger partial charge in [-0.3, -0.25) is 4.79 Å². The summed E-state index contributed by atoms with van der Waals surface area (Å²) >= 11 is 0. The molecular weight excluding hydrogens is 384 g/mol. The minimum absolute atomic E-state index is 0.0217. The molecule has 29 heavy (non-hydrogen) atoms. The number of carbonyl (C=O) groups excluding carboxylic acids is 1. The van der Waals surface area contributed by atoms with Gasteiger partial charge in [-0.2, -0.15) is 4.31 Å². The number of rotatable bonds is 3. The molecule has 1 amide bonds. The molecule has 0 spiro atoms. The molecule has 2 aliphatic heterocycles. The number of hydrogen-bond donors (Lipinski definition) is 0. The SMILES string of the molecule is Cc1ccc(C(=O)N2C[C@@]3(C)C[C@@H]2CC(C)(C)C3)cc1S(=O)(=O)N1CCCCC1. The van der Waals surface area contributed by atoms with Gasteiger partial charge in [-0.1, -0.05) is 33.3 Å². The zero-order valence-electron chi connectivity index (χ0n) is 18.2. The van der Waals surface area contributed by atoms with Crippen LogP contribution in [0.15, 0.2) is 23.1 Å². The van der Waals surface area contributed by atoms with Gasteiger partial charge < -0.3 is 4.90 Å². The van der Waals surface area contributed by atoms with Gasteiger partial charge in [0.2, 0.25) is 10.0 Å². The Hall–Kier alpha value is -1.40. The van der Waals surface area contributed by atoms with E-state index in [1.807, 2.05) is 11.8 Å². The summed E-state index contributed by atoms with van der Waals surface area (Å²) in [5, 5.41) is 0. The average Bonchev–Trinajstić information content (AvgIpc) is 2.90. The number of hydrogen-bond acceptors (Lipinski definition) is 3. The lowest BCUT2D eigenvalue weighted by atomic mass is 9.65. The van der Waals surface area contributed by atoms with Crippen LogP contribution in [0.25, 0.3) is 0 Å². The summed E-state index contributed by atoms with van der Waals surface area (Å²) in [4.78, 5) is 15.7. The molecule has 3 fully saturated rings. The average molecular weight is 419 g/mol. The third-order valence-electron chi connectivity index (χ3n) is 7.04. The Morgan fingerprint density at radius 2 is 1.76 bits per heavy atom. The molecule has 5 nitrogen and oxygen atoms in total. The van der Waals surface area contributed by atoms with E-state index in [0.29, 0.717) is 29.1 Å². The number of carbonyl (C=O) groups is 1. The molecule has 1 aromatic carbocycles. The number of nitrogens with zero attached hydrogens (tertiary/aromatic N) is 2. The van der Waals surface area contributed by atoms with Crippen molar-refractivity contribution in [1.29, 1.82) is 0 Å². The van der Waals surface area contributed by atoms with E-state index in [0.717, 1.165) is 45.1 Å². The van der Waals surface area contributed by atoms with E-state index in [1.165, 1.54) is 0 Å². The van der Waals surface area contributed by atoms with Crippen molar-refractivity contribution in [3.05, 3.63) is 29.3 Å². The van der Waals surface area contributed by atoms with E-state index in [2.05, 4.69) is 20.8 Å². The highest BCUT2D eigenvalue weighted by Crippen LogP contribution is 2.52. The zero-order chi connectivity index (χ0) is 21.0. The molecule has 6 heteroatoms. The van der Waals surface area contributed by atoms with Crippen molar-refractivity contribution in [2.45, 2.75) is 77.2 Å². The number of benzene rings is 1. The second-order valence-electron chi connectivity index (χ2n) is 10.6. The standard InChI is InChI=1S/C23H34N2O3S/c1-17-8-9-18(12-20(17)29(27,28)24-10-6-5-7-11-24)21(26)25-16-23(4)14-19(25)13-22(2,3)15-23/h8-9,12,19H,5-7,10-11,13-16H2,1-4H3/t19-,23-/m0/s1. The van der Waals surface area contributed by atoms with Crippen LogP contribution in [0.1, 0.15) is 75.2 Å². The summed E-state index contributed by atoms with van der Waals surface area (Å²) in [6.07, 6.45) is 6.07. The van der Waals surface area contributed by atoms with Gasteiger partial charge in [0.05, 0.1) is 4.90 Å². The summed E-state index contributed by atoms with van der Waals surface area (Å²) in [6.45, 7) is 10.6. The Bertz CT molecular complexity index is 918. The van der Waals surface area contributed by atoms with Gasteiger partial charge in [0, 0.05) is 31.2 Å². The van der Waals surface area contributed by atoms with Crippen LogP contribution in [0, 0.1) is 17.8 Å². The molecule has 2 saturated heterocycles. The van der Waals surface area contributed by atoms with Crippen molar-refractivity contribution in [2.24, 2.45) is 10.8 Å². The van der Waals surface area contributed by atoms with E-state index in [9.17, 15) is 13.2 Å². The van der Waals surface area contributed by atoms with E-state index >= 15 is 0 Å². The minimum Gasteiger partial charge on any atom is -0.335 e. The van der Waals surface area contributed by atoms with Gasteiger partial charge >= 0.3 is 0 Å². The molecule has 1 saturated carbocycles. The van der Waals surface area contributed by atoms with Gasteiger partial charge in [0.15, 0.2) is 0 Å². The fraction of sp³-hybridized carbons (Fsp3) is 0.696. The first kappa shape index (κ1) is 20.9. The lowest BCUT2D eigenvalue weighted by Crippen LogP contribution is -2.38. The molecule has 4 rings (SSSR count).